The Morgan fingerprint density at radius 3 is 2.40 bits per heavy atom. The number of nitrogens with zero attached hydrogens (tertiary/aromatic N) is 2. The van der Waals surface area contributed by atoms with Crippen molar-refractivity contribution >= 4 is 17.8 Å². The molecule has 0 spiro atoms. The zero-order chi connectivity index (χ0) is 19.3. The van der Waals surface area contributed by atoms with Crippen LogP contribution in [0.25, 0.3) is 0 Å². The topological polar surface area (TPSA) is 109 Å². The fourth-order valence-corrected chi connectivity index (χ4v) is 2.51. The molecule has 8 nitrogen and oxygen atoms in total. The molecule has 1 aromatic heterocycles. The molecule has 0 aliphatic heterocycles. The molecule has 0 saturated carbocycles. The van der Waals surface area contributed by atoms with E-state index in [1.165, 1.54) is 22.6 Å². The second kappa shape index (κ2) is 8.46. The van der Waals surface area contributed by atoms with Crippen LogP contribution in [0, 0.1) is 13.8 Å². The Hall–Kier alpha value is -2.64. The minimum atomic E-state index is -0.997. The van der Waals surface area contributed by atoms with Crippen molar-refractivity contribution in [2.75, 3.05) is 13.6 Å². The number of rotatable bonds is 7. The molecule has 2 amide bonds. The first-order valence-corrected chi connectivity index (χ1v) is 8.02. The number of carbonyl (C=O) groups is 3. The molecule has 8 heteroatoms. The van der Waals surface area contributed by atoms with Crippen LogP contribution in [-0.4, -0.2) is 52.0 Å². The highest BCUT2D eigenvalue weighted by Crippen LogP contribution is 2.14. The molecule has 1 rings (SSSR count). The Balaban J connectivity index is 3.18. The first kappa shape index (κ1) is 20.4. The van der Waals surface area contributed by atoms with Crippen LogP contribution >= 0.6 is 0 Å². The summed E-state index contributed by atoms with van der Waals surface area (Å²) >= 11 is 0. The number of aliphatic carboxylic acids is 1. The van der Waals surface area contributed by atoms with Gasteiger partial charge in [0.05, 0.1) is 12.0 Å². The van der Waals surface area contributed by atoms with Gasteiger partial charge in [0.25, 0.3) is 11.5 Å². The maximum Gasteiger partial charge on any atom is 0.305 e. The van der Waals surface area contributed by atoms with E-state index >= 15 is 0 Å². The average Bonchev–Trinajstić information content (AvgIpc) is 2.47. The average molecular weight is 351 g/mol. The lowest BCUT2D eigenvalue weighted by molar-refractivity contribution is -0.137. The molecule has 138 valence electrons. The third-order valence-electron chi connectivity index (χ3n) is 3.74. The van der Waals surface area contributed by atoms with E-state index < -0.39 is 5.97 Å². The third-order valence-corrected chi connectivity index (χ3v) is 3.74. The molecular formula is C17H25N3O5. The normalized spacial score (nSPS) is 10.6. The van der Waals surface area contributed by atoms with E-state index in [0.717, 1.165) is 0 Å². The highest BCUT2D eigenvalue weighted by Gasteiger charge is 2.21. The number of nitrogens with one attached hydrogen (secondary N) is 1. The van der Waals surface area contributed by atoms with Crippen LogP contribution in [0.2, 0.25) is 0 Å². The van der Waals surface area contributed by atoms with Crippen LogP contribution in [-0.2, 0) is 16.1 Å². The lowest BCUT2D eigenvalue weighted by Gasteiger charge is -2.21. The van der Waals surface area contributed by atoms with Crippen molar-refractivity contribution in [2.24, 2.45) is 0 Å². The summed E-state index contributed by atoms with van der Waals surface area (Å²) in [6.45, 7) is 6.76. The third kappa shape index (κ3) is 5.44. The van der Waals surface area contributed by atoms with Gasteiger partial charge in [-0.15, -0.1) is 0 Å². The van der Waals surface area contributed by atoms with Gasteiger partial charge in [-0.3, -0.25) is 19.2 Å². The summed E-state index contributed by atoms with van der Waals surface area (Å²) in [6, 6.07) is 1.26. The van der Waals surface area contributed by atoms with Gasteiger partial charge in [0.15, 0.2) is 0 Å². The number of carboxylic acid groups (broad SMARTS) is 1. The molecule has 1 heterocycles. The van der Waals surface area contributed by atoms with Crippen molar-refractivity contribution < 1.29 is 19.5 Å². The van der Waals surface area contributed by atoms with Crippen LogP contribution in [0.15, 0.2) is 10.9 Å². The quantitative estimate of drug-likeness (QED) is 0.745. The highest BCUT2D eigenvalue weighted by molar-refractivity contribution is 5.96. The van der Waals surface area contributed by atoms with Crippen molar-refractivity contribution in [3.05, 3.63) is 33.2 Å². The molecule has 0 fully saturated rings. The highest BCUT2D eigenvalue weighted by atomic mass is 16.4. The summed E-state index contributed by atoms with van der Waals surface area (Å²) < 4.78 is 1.25. The Labute approximate surface area is 146 Å². The number of pyridine rings is 1. The number of hydrogen-bond donors (Lipinski definition) is 2. The van der Waals surface area contributed by atoms with Gasteiger partial charge in [-0.2, -0.15) is 0 Å². The van der Waals surface area contributed by atoms with Gasteiger partial charge in [0.1, 0.15) is 6.54 Å². The lowest BCUT2D eigenvalue weighted by atomic mass is 10.1. The molecule has 0 bridgehead atoms. The van der Waals surface area contributed by atoms with Crippen molar-refractivity contribution in [1.29, 1.82) is 0 Å². The summed E-state index contributed by atoms with van der Waals surface area (Å²) in [5.74, 6) is -1.70. The zero-order valence-electron chi connectivity index (χ0n) is 15.3. The Morgan fingerprint density at radius 2 is 1.88 bits per heavy atom. The van der Waals surface area contributed by atoms with Gasteiger partial charge in [-0.25, -0.2) is 0 Å². The largest absolute Gasteiger partial charge is 0.481 e. The summed E-state index contributed by atoms with van der Waals surface area (Å²) in [5.41, 5.74) is 0.828. The predicted octanol–water partition coefficient (Wildman–Crippen LogP) is 0.536. The van der Waals surface area contributed by atoms with Crippen LogP contribution in [0.3, 0.4) is 0 Å². The van der Waals surface area contributed by atoms with Gasteiger partial charge in [0.2, 0.25) is 5.91 Å². The first-order chi connectivity index (χ1) is 11.5. The predicted molar refractivity (Wildman–Crippen MR) is 92.7 cm³/mol. The van der Waals surface area contributed by atoms with Crippen LogP contribution in [0.5, 0.6) is 0 Å². The number of hydrogen-bond acceptors (Lipinski definition) is 4. The fourth-order valence-electron chi connectivity index (χ4n) is 2.51. The second-order valence-corrected chi connectivity index (χ2v) is 6.30. The summed E-state index contributed by atoms with van der Waals surface area (Å²) in [5, 5.41) is 11.5. The number of carboxylic acids is 1. The van der Waals surface area contributed by atoms with E-state index in [4.69, 9.17) is 5.11 Å². The van der Waals surface area contributed by atoms with E-state index in [1.807, 2.05) is 13.8 Å². The molecule has 0 aromatic carbocycles. The van der Waals surface area contributed by atoms with Crippen molar-refractivity contribution in [3.63, 3.8) is 0 Å². The molecule has 0 radical (unpaired) electrons. The number of amides is 2. The molecule has 0 aliphatic rings. The maximum absolute atomic E-state index is 12.6. The SMILES string of the molecule is Cc1cc(=O)n(CC(=O)NC(C)C)c(C)c1C(=O)N(C)CCC(=O)O. The van der Waals surface area contributed by atoms with Crippen molar-refractivity contribution in [3.8, 4) is 0 Å². The fraction of sp³-hybridized carbons (Fsp3) is 0.529. The van der Waals surface area contributed by atoms with Crippen LogP contribution < -0.4 is 10.9 Å². The van der Waals surface area contributed by atoms with Gasteiger partial charge in [0, 0.05) is 31.4 Å². The Bertz CT molecular complexity index is 737. The molecule has 0 unspecified atom stereocenters. The standard InChI is InChI=1S/C17H25N3O5/c1-10(2)18-13(21)9-20-12(4)16(11(3)8-14(20)22)17(25)19(5)7-6-15(23)24/h8,10H,6-7,9H2,1-5H3,(H,18,21)(H,23,24). The molecule has 25 heavy (non-hydrogen) atoms. The summed E-state index contributed by atoms with van der Waals surface area (Å²) in [4.78, 5) is 48.8. The van der Waals surface area contributed by atoms with Gasteiger partial charge < -0.3 is 19.9 Å². The minimum Gasteiger partial charge on any atom is -0.481 e. The van der Waals surface area contributed by atoms with Crippen molar-refractivity contribution in [2.45, 2.75) is 46.7 Å². The van der Waals surface area contributed by atoms with Crippen LogP contribution in [0.1, 0.15) is 41.9 Å². The van der Waals surface area contributed by atoms with E-state index in [9.17, 15) is 19.2 Å². The summed E-state index contributed by atoms with van der Waals surface area (Å²) in [7, 11) is 1.51. The number of aryl methyl sites for hydroxylation is 1. The minimum absolute atomic E-state index is 0.0556. The molecule has 2 N–H and O–H groups in total. The maximum atomic E-state index is 12.6. The number of carbonyl (C=O) groups excluding carboxylic acids is 2. The first-order valence-electron chi connectivity index (χ1n) is 8.02. The lowest BCUT2D eigenvalue weighted by Crippen LogP contribution is -2.38. The summed E-state index contributed by atoms with van der Waals surface area (Å²) in [6.07, 6.45) is -0.170. The van der Waals surface area contributed by atoms with E-state index in [2.05, 4.69) is 5.32 Å². The van der Waals surface area contributed by atoms with E-state index in [0.29, 0.717) is 16.8 Å². The molecule has 0 saturated heterocycles. The Kier molecular flexibility index (Phi) is 6.90. The molecule has 0 aliphatic carbocycles. The molecular weight excluding hydrogens is 326 g/mol. The molecule has 1 aromatic rings. The van der Waals surface area contributed by atoms with E-state index in [-0.39, 0.29) is 42.9 Å². The van der Waals surface area contributed by atoms with Gasteiger partial charge in [-0.1, -0.05) is 0 Å². The van der Waals surface area contributed by atoms with Crippen LogP contribution in [0.4, 0.5) is 0 Å². The number of aromatic nitrogens is 1. The van der Waals surface area contributed by atoms with Gasteiger partial charge >= 0.3 is 5.97 Å². The zero-order valence-corrected chi connectivity index (χ0v) is 15.3. The monoisotopic (exact) mass is 351 g/mol. The smallest absolute Gasteiger partial charge is 0.305 e. The van der Waals surface area contributed by atoms with Gasteiger partial charge in [-0.05, 0) is 33.3 Å². The van der Waals surface area contributed by atoms with E-state index in [1.54, 1.807) is 13.8 Å². The van der Waals surface area contributed by atoms with Crippen molar-refractivity contribution in [1.82, 2.24) is 14.8 Å². The molecule has 0 atom stereocenters. The Morgan fingerprint density at radius 1 is 1.28 bits per heavy atom. The second-order valence-electron chi connectivity index (χ2n) is 6.30.